The molecule has 0 aliphatic heterocycles. The van der Waals surface area contributed by atoms with Crippen molar-refractivity contribution in [2.45, 2.75) is 174 Å². The van der Waals surface area contributed by atoms with E-state index in [0.717, 1.165) is 19.3 Å². The van der Waals surface area contributed by atoms with E-state index >= 15 is 0 Å². The van der Waals surface area contributed by atoms with Crippen molar-refractivity contribution in [3.63, 3.8) is 0 Å². The van der Waals surface area contributed by atoms with Gasteiger partial charge in [-0.1, -0.05) is 130 Å². The molecule has 3 atom stereocenters. The lowest BCUT2D eigenvalue weighted by Crippen LogP contribution is -2.40. The maximum Gasteiger partial charge on any atom is 0.323 e. The quantitative estimate of drug-likeness (QED) is 0.0693. The lowest BCUT2D eigenvalue weighted by Gasteiger charge is -2.23. The number of nitrogens with zero attached hydrogens (tertiary/aromatic N) is 4. The Bertz CT molecular complexity index is 1090. The number of carbonyl (C=O) groups is 2. The highest BCUT2D eigenvalue weighted by Crippen LogP contribution is 2.17. The first-order valence-corrected chi connectivity index (χ1v) is 18.4. The first-order valence-electron chi connectivity index (χ1n) is 18.4. The Balaban J connectivity index is 1.58. The van der Waals surface area contributed by atoms with Gasteiger partial charge in [0.25, 0.3) is 0 Å². The fraction of sp³-hybridized carbons (Fsp3) is 0.806. The molecule has 46 heavy (non-hydrogen) atoms. The third kappa shape index (κ3) is 16.7. The van der Waals surface area contributed by atoms with Crippen LogP contribution < -0.4 is 11.5 Å². The molecule has 0 aliphatic carbocycles. The highest BCUT2D eigenvalue weighted by atomic mass is 16.6. The number of rotatable bonds is 28. The van der Waals surface area contributed by atoms with Crippen molar-refractivity contribution in [3.8, 4) is 0 Å². The zero-order valence-electron chi connectivity index (χ0n) is 29.2. The summed E-state index contributed by atoms with van der Waals surface area (Å²) in [4.78, 5) is 37.7. The maximum absolute atomic E-state index is 12.7. The molecule has 0 saturated carbocycles. The molecule has 0 spiro atoms. The number of imidazole rings is 1. The number of fused-ring (bicyclic) bond motifs is 1. The van der Waals surface area contributed by atoms with E-state index in [-0.39, 0.29) is 24.4 Å². The molecule has 2 aromatic rings. The minimum absolute atomic E-state index is 0.00721. The number of hydrogen-bond donors (Lipinski definition) is 2. The van der Waals surface area contributed by atoms with Gasteiger partial charge in [-0.05, 0) is 12.3 Å². The minimum Gasteiger partial charge on any atom is -0.466 e. The first kappa shape index (κ1) is 39.4. The molecule has 0 bridgehead atoms. The van der Waals surface area contributed by atoms with Crippen LogP contribution in [0.3, 0.4) is 0 Å². The summed E-state index contributed by atoms with van der Waals surface area (Å²) in [7, 11) is 0. The smallest absolute Gasteiger partial charge is 0.323 e. The van der Waals surface area contributed by atoms with Crippen molar-refractivity contribution >= 4 is 29.1 Å². The van der Waals surface area contributed by atoms with Crippen LogP contribution in [0.5, 0.6) is 0 Å². The van der Waals surface area contributed by atoms with Crippen molar-refractivity contribution in [2.24, 2.45) is 11.7 Å². The molecule has 0 amide bonds. The fourth-order valence-corrected chi connectivity index (χ4v) is 5.68. The monoisotopic (exact) mass is 644 g/mol. The van der Waals surface area contributed by atoms with Crippen LogP contribution in [0.15, 0.2) is 12.5 Å². The first-order chi connectivity index (χ1) is 22.3. The lowest BCUT2D eigenvalue weighted by atomic mass is 10.0. The van der Waals surface area contributed by atoms with Gasteiger partial charge in [0, 0.05) is 25.8 Å². The van der Waals surface area contributed by atoms with Gasteiger partial charge in [0.05, 0.1) is 19.1 Å². The van der Waals surface area contributed by atoms with E-state index < -0.39 is 18.1 Å². The molecule has 10 nitrogen and oxygen atoms in total. The van der Waals surface area contributed by atoms with Crippen LogP contribution in [0.25, 0.3) is 11.2 Å². The van der Waals surface area contributed by atoms with Crippen molar-refractivity contribution in [3.05, 3.63) is 12.5 Å². The third-order valence-corrected chi connectivity index (χ3v) is 9.07. The second-order valence-corrected chi connectivity index (χ2v) is 13.0. The standard InChI is InChI=1S/C36H64N6O4/c1-4-6-7-8-9-10-11-12-13-14-15-16-17-18-19-20-21-22-32(43)45-26-24-30(46-35(44)33(37)29(3)5-2)23-25-42-28-40-31-27-39-36(38)41-34(31)42/h27-30,33H,4-26,37H2,1-3H3,(H2,38,39,41)/t29-,30?,33-/m0/s1. The van der Waals surface area contributed by atoms with Gasteiger partial charge >= 0.3 is 11.9 Å². The SMILES string of the molecule is CCCCCCCCCCCCCCCCCCCC(=O)OCCC(CCn1cnc2cnc(N)nc21)OC(=O)[C@@H](N)[C@@H](C)CC. The highest BCUT2D eigenvalue weighted by Gasteiger charge is 2.25. The average molecular weight is 645 g/mol. The van der Waals surface area contributed by atoms with Crippen LogP contribution in [-0.2, 0) is 25.6 Å². The summed E-state index contributed by atoms with van der Waals surface area (Å²) in [5, 5.41) is 0. The number of esters is 2. The molecule has 0 aliphatic rings. The summed E-state index contributed by atoms with van der Waals surface area (Å²) in [5.41, 5.74) is 13.1. The molecule has 10 heteroatoms. The maximum atomic E-state index is 12.7. The van der Waals surface area contributed by atoms with Gasteiger partial charge in [-0.15, -0.1) is 0 Å². The van der Waals surface area contributed by atoms with Crippen LogP contribution in [0.4, 0.5) is 5.95 Å². The number of carbonyl (C=O) groups excluding carboxylic acids is 2. The van der Waals surface area contributed by atoms with Crippen LogP contribution in [0.1, 0.15) is 156 Å². The van der Waals surface area contributed by atoms with Gasteiger partial charge in [-0.25, -0.2) is 9.97 Å². The molecule has 0 radical (unpaired) electrons. The number of ether oxygens (including phenoxy) is 2. The van der Waals surface area contributed by atoms with E-state index in [2.05, 4.69) is 21.9 Å². The Morgan fingerprint density at radius 3 is 1.96 bits per heavy atom. The van der Waals surface area contributed by atoms with Gasteiger partial charge in [0.15, 0.2) is 5.65 Å². The van der Waals surface area contributed by atoms with Crippen molar-refractivity contribution in [1.29, 1.82) is 0 Å². The molecule has 2 aromatic heterocycles. The van der Waals surface area contributed by atoms with Gasteiger partial charge in [-0.3, -0.25) is 9.59 Å². The summed E-state index contributed by atoms with van der Waals surface area (Å²) >= 11 is 0. The molecule has 0 fully saturated rings. The van der Waals surface area contributed by atoms with Crippen molar-refractivity contribution < 1.29 is 19.1 Å². The highest BCUT2D eigenvalue weighted by molar-refractivity contribution is 5.76. The number of anilines is 1. The molecule has 1 unspecified atom stereocenters. The molecule has 2 rings (SSSR count). The zero-order chi connectivity index (χ0) is 33.4. The van der Waals surface area contributed by atoms with E-state index in [0.29, 0.717) is 37.0 Å². The van der Waals surface area contributed by atoms with E-state index in [1.807, 2.05) is 18.4 Å². The molecule has 4 N–H and O–H groups in total. The van der Waals surface area contributed by atoms with Gasteiger partial charge < -0.3 is 25.5 Å². The van der Waals surface area contributed by atoms with Gasteiger partial charge in [0.2, 0.25) is 5.95 Å². The predicted octanol–water partition coefficient (Wildman–Crippen LogP) is 8.06. The molecular weight excluding hydrogens is 580 g/mol. The lowest BCUT2D eigenvalue weighted by molar-refractivity contribution is -0.154. The van der Waals surface area contributed by atoms with Gasteiger partial charge in [0.1, 0.15) is 17.7 Å². The molecule has 262 valence electrons. The van der Waals surface area contributed by atoms with Crippen molar-refractivity contribution in [2.75, 3.05) is 12.3 Å². The van der Waals surface area contributed by atoms with E-state index in [1.165, 1.54) is 96.3 Å². The van der Waals surface area contributed by atoms with E-state index in [9.17, 15) is 9.59 Å². The summed E-state index contributed by atoms with van der Waals surface area (Å²) in [5.74, 6) is -0.456. The topological polar surface area (TPSA) is 148 Å². The number of unbranched alkanes of at least 4 members (excludes halogenated alkanes) is 16. The Morgan fingerprint density at radius 1 is 0.826 bits per heavy atom. The normalized spacial score (nSPS) is 13.5. The van der Waals surface area contributed by atoms with Crippen molar-refractivity contribution in [1.82, 2.24) is 19.5 Å². The summed E-state index contributed by atoms with van der Waals surface area (Å²) < 4.78 is 13.2. The number of hydrogen-bond acceptors (Lipinski definition) is 9. The molecule has 0 saturated heterocycles. The second-order valence-electron chi connectivity index (χ2n) is 13.0. The number of nitrogens with two attached hydrogens (primary N) is 2. The van der Waals surface area contributed by atoms with Crippen LogP contribution in [0, 0.1) is 5.92 Å². The summed E-state index contributed by atoms with van der Waals surface area (Å²) in [6.45, 7) is 6.89. The molecular formula is C36H64N6O4. The largest absolute Gasteiger partial charge is 0.466 e. The Morgan fingerprint density at radius 2 is 1.39 bits per heavy atom. The zero-order valence-corrected chi connectivity index (χ0v) is 29.2. The molecule has 0 aromatic carbocycles. The Kier molecular flexibility index (Phi) is 20.9. The predicted molar refractivity (Wildman–Crippen MR) is 186 cm³/mol. The number of nitrogen functional groups attached to an aromatic ring is 1. The summed E-state index contributed by atoms with van der Waals surface area (Å²) in [6, 6.07) is -0.698. The molecule has 2 heterocycles. The fourth-order valence-electron chi connectivity index (χ4n) is 5.68. The average Bonchev–Trinajstić information content (AvgIpc) is 3.45. The number of aryl methyl sites for hydroxylation is 1. The van der Waals surface area contributed by atoms with Gasteiger partial charge in [-0.2, -0.15) is 4.98 Å². The third-order valence-electron chi connectivity index (χ3n) is 9.07. The minimum atomic E-state index is -0.698. The number of aromatic nitrogens is 4. The summed E-state index contributed by atoms with van der Waals surface area (Å²) in [6.07, 6.45) is 27.1. The van der Waals surface area contributed by atoms with Crippen LogP contribution in [0.2, 0.25) is 0 Å². The Labute approximate surface area is 278 Å². The van der Waals surface area contributed by atoms with Crippen LogP contribution >= 0.6 is 0 Å². The van der Waals surface area contributed by atoms with E-state index in [4.69, 9.17) is 20.9 Å². The second kappa shape index (κ2) is 24.4. The van der Waals surface area contributed by atoms with E-state index in [1.54, 1.807) is 12.5 Å². The Hall–Kier alpha value is -2.75. The van der Waals surface area contributed by atoms with Crippen LogP contribution in [-0.4, -0.2) is 50.2 Å².